The van der Waals surface area contributed by atoms with Crippen molar-refractivity contribution in [3.8, 4) is 0 Å². The molecule has 100 valence electrons. The van der Waals surface area contributed by atoms with E-state index in [1.54, 1.807) is 5.56 Å². The molecule has 2 aliphatic rings. The molecule has 0 bridgehead atoms. The summed E-state index contributed by atoms with van der Waals surface area (Å²) in [6.07, 6.45) is 3.78. The molecule has 1 fully saturated rings. The Balaban J connectivity index is 1.65. The smallest absolute Gasteiger partial charge is 0.0458 e. The first kappa shape index (κ1) is 11.9. The Morgan fingerprint density at radius 3 is 2.89 bits per heavy atom. The second-order valence-electron chi connectivity index (χ2n) is 5.67. The number of H-pyrrole nitrogens is 1. The van der Waals surface area contributed by atoms with Gasteiger partial charge in [0.1, 0.15) is 0 Å². The fourth-order valence-electron chi connectivity index (χ4n) is 3.61. The highest BCUT2D eigenvalue weighted by molar-refractivity contribution is 7.99. The zero-order valence-electron chi connectivity index (χ0n) is 11.2. The topological polar surface area (TPSA) is 19.0 Å². The van der Waals surface area contributed by atoms with Crippen LogP contribution in [0.25, 0.3) is 10.9 Å². The number of aryl methyl sites for hydroxylation is 1. The number of fused-ring (bicyclic) bond motifs is 3. The molecule has 1 aromatic carbocycles. The van der Waals surface area contributed by atoms with Crippen molar-refractivity contribution in [2.24, 2.45) is 0 Å². The van der Waals surface area contributed by atoms with Crippen molar-refractivity contribution in [1.29, 1.82) is 0 Å². The van der Waals surface area contributed by atoms with E-state index >= 15 is 0 Å². The number of thioether (sulfide) groups is 1. The van der Waals surface area contributed by atoms with Crippen LogP contribution in [-0.2, 0) is 12.8 Å². The van der Waals surface area contributed by atoms with Crippen molar-refractivity contribution < 1.29 is 0 Å². The molecule has 0 saturated carbocycles. The van der Waals surface area contributed by atoms with Gasteiger partial charge in [-0.2, -0.15) is 11.8 Å². The molecule has 3 heteroatoms. The van der Waals surface area contributed by atoms with Gasteiger partial charge in [0.15, 0.2) is 0 Å². The minimum Gasteiger partial charge on any atom is -0.358 e. The van der Waals surface area contributed by atoms with Gasteiger partial charge in [-0.05, 0) is 30.9 Å². The van der Waals surface area contributed by atoms with Crippen LogP contribution in [0.15, 0.2) is 24.3 Å². The number of rotatable bonds is 1. The SMILES string of the molecule is c1ccc2c3c([nH]c2c1)CCC(N1CCSCC1)C3. The van der Waals surface area contributed by atoms with Crippen LogP contribution in [0.5, 0.6) is 0 Å². The van der Waals surface area contributed by atoms with Gasteiger partial charge in [0.2, 0.25) is 0 Å². The van der Waals surface area contributed by atoms with Crippen LogP contribution in [0.4, 0.5) is 0 Å². The first-order valence-electron chi connectivity index (χ1n) is 7.32. The minimum absolute atomic E-state index is 0.771. The standard InChI is InChI=1S/C16H20N2S/c1-2-4-15-13(3-1)14-11-12(5-6-16(14)17-15)18-7-9-19-10-8-18/h1-4,12,17H,5-11H2. The fraction of sp³-hybridized carbons (Fsp3) is 0.500. The van der Waals surface area contributed by atoms with Gasteiger partial charge < -0.3 is 4.98 Å². The van der Waals surface area contributed by atoms with Gasteiger partial charge in [0.05, 0.1) is 0 Å². The Labute approximate surface area is 118 Å². The Hall–Kier alpha value is -0.930. The van der Waals surface area contributed by atoms with E-state index in [-0.39, 0.29) is 0 Å². The summed E-state index contributed by atoms with van der Waals surface area (Å²) in [5.41, 5.74) is 4.40. The normalized spacial score (nSPS) is 24.5. The molecule has 19 heavy (non-hydrogen) atoms. The largest absolute Gasteiger partial charge is 0.358 e. The molecule has 2 heterocycles. The number of hydrogen-bond acceptors (Lipinski definition) is 2. The predicted octanol–water partition coefficient (Wildman–Crippen LogP) is 3.07. The maximum Gasteiger partial charge on any atom is 0.0458 e. The Bertz CT molecular complexity index is 583. The van der Waals surface area contributed by atoms with E-state index < -0.39 is 0 Å². The summed E-state index contributed by atoms with van der Waals surface area (Å²) in [5.74, 6) is 2.63. The van der Waals surface area contributed by atoms with Crippen molar-refractivity contribution >= 4 is 22.7 Å². The molecule has 0 spiro atoms. The van der Waals surface area contributed by atoms with Gasteiger partial charge in [-0.1, -0.05) is 18.2 Å². The average molecular weight is 272 g/mol. The molecule has 1 saturated heterocycles. The lowest BCUT2D eigenvalue weighted by Gasteiger charge is -2.36. The maximum atomic E-state index is 3.62. The Morgan fingerprint density at radius 2 is 2.00 bits per heavy atom. The van der Waals surface area contributed by atoms with Gasteiger partial charge >= 0.3 is 0 Å². The van der Waals surface area contributed by atoms with Gasteiger partial charge in [-0.25, -0.2) is 0 Å². The van der Waals surface area contributed by atoms with E-state index in [1.807, 2.05) is 0 Å². The van der Waals surface area contributed by atoms with Gasteiger partial charge in [-0.15, -0.1) is 0 Å². The van der Waals surface area contributed by atoms with Crippen LogP contribution in [0.2, 0.25) is 0 Å². The van der Waals surface area contributed by atoms with E-state index in [4.69, 9.17) is 0 Å². The van der Waals surface area contributed by atoms with Gasteiger partial charge in [-0.3, -0.25) is 4.90 Å². The van der Waals surface area contributed by atoms with Crippen molar-refractivity contribution in [1.82, 2.24) is 9.88 Å². The van der Waals surface area contributed by atoms with Crippen molar-refractivity contribution in [2.75, 3.05) is 24.6 Å². The summed E-state index contributed by atoms with van der Waals surface area (Å²) in [7, 11) is 0. The Kier molecular flexibility index (Phi) is 3.04. The van der Waals surface area contributed by atoms with E-state index in [2.05, 4.69) is 45.9 Å². The minimum atomic E-state index is 0.771. The zero-order chi connectivity index (χ0) is 12.7. The first-order valence-corrected chi connectivity index (χ1v) is 8.47. The highest BCUT2D eigenvalue weighted by Crippen LogP contribution is 2.31. The third kappa shape index (κ3) is 2.09. The van der Waals surface area contributed by atoms with E-state index in [1.165, 1.54) is 60.5 Å². The number of benzene rings is 1. The third-order valence-corrected chi connectivity index (χ3v) is 5.57. The highest BCUT2D eigenvalue weighted by Gasteiger charge is 2.27. The average Bonchev–Trinajstić information content (AvgIpc) is 2.86. The number of nitrogens with one attached hydrogen (secondary N) is 1. The number of hydrogen-bond donors (Lipinski definition) is 1. The van der Waals surface area contributed by atoms with Gasteiger partial charge in [0, 0.05) is 47.2 Å². The van der Waals surface area contributed by atoms with E-state index in [0.29, 0.717) is 0 Å². The maximum absolute atomic E-state index is 3.62. The van der Waals surface area contributed by atoms with Crippen LogP contribution in [0.1, 0.15) is 17.7 Å². The number of nitrogens with zero attached hydrogens (tertiary/aromatic N) is 1. The molecule has 2 aromatic rings. The van der Waals surface area contributed by atoms with E-state index in [9.17, 15) is 0 Å². The molecule has 1 aliphatic carbocycles. The lowest BCUT2D eigenvalue weighted by Crippen LogP contribution is -2.43. The van der Waals surface area contributed by atoms with Crippen molar-refractivity contribution in [2.45, 2.75) is 25.3 Å². The van der Waals surface area contributed by atoms with Crippen LogP contribution in [-0.4, -0.2) is 40.5 Å². The van der Waals surface area contributed by atoms with Gasteiger partial charge in [0.25, 0.3) is 0 Å². The Morgan fingerprint density at radius 1 is 1.16 bits per heavy atom. The molecule has 1 aliphatic heterocycles. The van der Waals surface area contributed by atoms with Crippen LogP contribution >= 0.6 is 11.8 Å². The van der Waals surface area contributed by atoms with Crippen molar-refractivity contribution in [3.05, 3.63) is 35.5 Å². The molecule has 1 unspecified atom stereocenters. The van der Waals surface area contributed by atoms with Crippen LogP contribution < -0.4 is 0 Å². The summed E-state index contributed by atoms with van der Waals surface area (Å²) in [4.78, 5) is 6.34. The van der Waals surface area contributed by atoms with Crippen LogP contribution in [0.3, 0.4) is 0 Å². The molecule has 0 amide bonds. The zero-order valence-corrected chi connectivity index (χ0v) is 12.0. The molecule has 1 N–H and O–H groups in total. The predicted molar refractivity (Wildman–Crippen MR) is 83.0 cm³/mol. The first-order chi connectivity index (χ1) is 9.42. The number of para-hydroxylation sites is 1. The van der Waals surface area contributed by atoms with Crippen LogP contribution in [0, 0.1) is 0 Å². The monoisotopic (exact) mass is 272 g/mol. The highest BCUT2D eigenvalue weighted by atomic mass is 32.2. The summed E-state index contributed by atoms with van der Waals surface area (Å²) in [5, 5.41) is 1.45. The van der Waals surface area contributed by atoms with Crippen molar-refractivity contribution in [3.63, 3.8) is 0 Å². The number of aromatic nitrogens is 1. The number of aromatic amines is 1. The second kappa shape index (κ2) is 4.88. The molecule has 4 rings (SSSR count). The molecule has 2 nitrogen and oxygen atoms in total. The molecular weight excluding hydrogens is 252 g/mol. The summed E-state index contributed by atoms with van der Waals surface area (Å²) >= 11 is 2.10. The quantitative estimate of drug-likeness (QED) is 0.860. The summed E-state index contributed by atoms with van der Waals surface area (Å²) < 4.78 is 0. The lowest BCUT2D eigenvalue weighted by molar-refractivity contribution is 0.198. The second-order valence-corrected chi connectivity index (χ2v) is 6.90. The molecular formula is C16H20N2S. The lowest BCUT2D eigenvalue weighted by atomic mass is 9.90. The fourth-order valence-corrected chi connectivity index (χ4v) is 4.54. The summed E-state index contributed by atoms with van der Waals surface area (Å²) in [6.45, 7) is 2.57. The molecule has 0 radical (unpaired) electrons. The summed E-state index contributed by atoms with van der Waals surface area (Å²) in [6, 6.07) is 9.55. The molecule has 1 aromatic heterocycles. The molecule has 1 atom stereocenters. The van der Waals surface area contributed by atoms with E-state index in [0.717, 1.165) is 6.04 Å². The third-order valence-electron chi connectivity index (χ3n) is 4.63.